The lowest BCUT2D eigenvalue weighted by Gasteiger charge is -2.21. The summed E-state index contributed by atoms with van der Waals surface area (Å²) in [6.45, 7) is 5.02. The predicted octanol–water partition coefficient (Wildman–Crippen LogP) is 9.15. The fourth-order valence-corrected chi connectivity index (χ4v) is 10.7. The molecular weight excluding hydrogens is 515 g/mol. The SMILES string of the molecule is C[Si]1(C)c2ccccc2-c2ccc3c4ccccc4n(-c4ccc(-c5ccc6oc7ccccc7c6c5)cc4)c3c21. The van der Waals surface area contributed by atoms with E-state index in [0.29, 0.717) is 0 Å². The van der Waals surface area contributed by atoms with Gasteiger partial charge in [-0.3, -0.25) is 0 Å². The van der Waals surface area contributed by atoms with Crippen LogP contribution in [0.5, 0.6) is 0 Å². The van der Waals surface area contributed by atoms with Crippen LogP contribution in [0.15, 0.2) is 132 Å². The van der Waals surface area contributed by atoms with Crippen molar-refractivity contribution in [3.05, 3.63) is 127 Å². The summed E-state index contributed by atoms with van der Waals surface area (Å²) in [5.41, 5.74) is 10.9. The third kappa shape index (κ3) is 3.07. The van der Waals surface area contributed by atoms with E-state index in [4.69, 9.17) is 4.42 Å². The minimum atomic E-state index is -1.91. The highest BCUT2D eigenvalue weighted by Gasteiger charge is 2.40. The normalized spacial score (nSPS) is 13.8. The molecule has 2 aromatic heterocycles. The number of aromatic nitrogens is 1. The van der Waals surface area contributed by atoms with Crippen LogP contribution >= 0.6 is 0 Å². The maximum Gasteiger partial charge on any atom is 0.135 e. The molecule has 6 aromatic carbocycles. The summed E-state index contributed by atoms with van der Waals surface area (Å²) in [7, 11) is -1.91. The van der Waals surface area contributed by atoms with Gasteiger partial charge >= 0.3 is 0 Å². The zero-order valence-corrected chi connectivity index (χ0v) is 24.0. The Morgan fingerprint density at radius 3 is 2.12 bits per heavy atom. The van der Waals surface area contributed by atoms with Crippen molar-refractivity contribution in [1.29, 1.82) is 0 Å². The zero-order chi connectivity index (χ0) is 27.3. The first-order valence-electron chi connectivity index (χ1n) is 14.3. The Hall–Kier alpha value is -4.86. The smallest absolute Gasteiger partial charge is 0.135 e. The number of fused-ring (bicyclic) bond motifs is 10. The first-order valence-corrected chi connectivity index (χ1v) is 17.3. The molecule has 2 nitrogen and oxygen atoms in total. The summed E-state index contributed by atoms with van der Waals surface area (Å²) < 4.78 is 8.58. The molecule has 1 aliphatic rings. The van der Waals surface area contributed by atoms with Gasteiger partial charge in [-0.2, -0.15) is 0 Å². The molecule has 0 amide bonds. The van der Waals surface area contributed by atoms with Crippen LogP contribution in [0.25, 0.3) is 71.7 Å². The monoisotopic (exact) mass is 541 g/mol. The first kappa shape index (κ1) is 22.9. The second-order valence-electron chi connectivity index (χ2n) is 11.8. The van der Waals surface area contributed by atoms with Crippen molar-refractivity contribution in [1.82, 2.24) is 4.57 Å². The van der Waals surface area contributed by atoms with Crippen molar-refractivity contribution in [2.24, 2.45) is 0 Å². The van der Waals surface area contributed by atoms with E-state index in [-0.39, 0.29) is 0 Å². The van der Waals surface area contributed by atoms with Crippen molar-refractivity contribution in [3.63, 3.8) is 0 Å². The predicted molar refractivity (Wildman–Crippen MR) is 176 cm³/mol. The standard InChI is InChI=1S/C38H27NOSi/c1-41(2)36-14-8-5-11-29(36)31-21-20-30-27-9-3-6-12-33(27)39(37(30)38(31)41)26-18-15-24(16-19-26)25-17-22-35-32(23-25)28-10-4-7-13-34(28)40-35/h3-23H,1-2H3. The molecule has 3 heterocycles. The maximum atomic E-state index is 6.07. The summed E-state index contributed by atoms with van der Waals surface area (Å²) in [6.07, 6.45) is 0. The van der Waals surface area contributed by atoms with Crippen LogP contribution in [0.4, 0.5) is 0 Å². The molecule has 0 bridgehead atoms. The topological polar surface area (TPSA) is 18.1 Å². The second-order valence-corrected chi connectivity index (χ2v) is 16.1. The summed E-state index contributed by atoms with van der Waals surface area (Å²) in [5, 5.41) is 8.06. The van der Waals surface area contributed by atoms with Crippen LogP contribution in [-0.4, -0.2) is 12.6 Å². The molecule has 0 atom stereocenters. The highest BCUT2D eigenvalue weighted by atomic mass is 28.3. The Morgan fingerprint density at radius 1 is 0.537 bits per heavy atom. The summed E-state index contributed by atoms with van der Waals surface area (Å²) in [4.78, 5) is 0. The van der Waals surface area contributed by atoms with E-state index >= 15 is 0 Å². The van der Waals surface area contributed by atoms with Gasteiger partial charge in [0, 0.05) is 27.2 Å². The highest BCUT2D eigenvalue weighted by Crippen LogP contribution is 2.38. The third-order valence-electron chi connectivity index (χ3n) is 9.19. The number of para-hydroxylation sites is 2. The Bertz CT molecular complexity index is 2340. The van der Waals surface area contributed by atoms with E-state index in [1.54, 1.807) is 5.19 Å². The molecule has 0 aliphatic carbocycles. The van der Waals surface area contributed by atoms with Crippen molar-refractivity contribution in [2.45, 2.75) is 13.1 Å². The molecule has 0 radical (unpaired) electrons. The van der Waals surface area contributed by atoms with Gasteiger partial charge in [-0.05, 0) is 69.0 Å². The van der Waals surface area contributed by atoms with Crippen LogP contribution in [-0.2, 0) is 0 Å². The molecule has 194 valence electrons. The van der Waals surface area contributed by atoms with Gasteiger partial charge in [-0.25, -0.2) is 0 Å². The number of rotatable bonds is 2. The van der Waals surface area contributed by atoms with E-state index in [1.807, 2.05) is 12.1 Å². The van der Waals surface area contributed by atoms with Crippen molar-refractivity contribution in [3.8, 4) is 27.9 Å². The van der Waals surface area contributed by atoms with E-state index in [9.17, 15) is 0 Å². The first-order chi connectivity index (χ1) is 20.1. The largest absolute Gasteiger partial charge is 0.456 e. The number of hydrogen-bond donors (Lipinski definition) is 0. The molecule has 9 rings (SSSR count). The molecule has 1 aliphatic heterocycles. The molecule has 8 aromatic rings. The number of nitrogens with zero attached hydrogens (tertiary/aromatic N) is 1. The molecule has 0 saturated carbocycles. The van der Waals surface area contributed by atoms with Gasteiger partial charge in [-0.1, -0.05) is 104 Å². The zero-order valence-electron chi connectivity index (χ0n) is 23.0. The molecule has 0 fully saturated rings. The molecule has 3 heteroatoms. The van der Waals surface area contributed by atoms with E-state index in [1.165, 1.54) is 54.9 Å². The third-order valence-corrected chi connectivity index (χ3v) is 12.7. The number of furan rings is 1. The Balaban J connectivity index is 1.26. The molecule has 0 unspecified atom stereocenters. The Labute approximate surface area is 239 Å². The quantitative estimate of drug-likeness (QED) is 0.200. The van der Waals surface area contributed by atoms with Gasteiger partial charge < -0.3 is 8.98 Å². The number of benzene rings is 6. The van der Waals surface area contributed by atoms with E-state index in [2.05, 4.69) is 133 Å². The average molecular weight is 542 g/mol. The van der Waals surface area contributed by atoms with E-state index < -0.39 is 8.07 Å². The van der Waals surface area contributed by atoms with E-state index in [0.717, 1.165) is 21.9 Å². The van der Waals surface area contributed by atoms with Crippen LogP contribution in [0.3, 0.4) is 0 Å². The van der Waals surface area contributed by atoms with Gasteiger partial charge in [0.15, 0.2) is 0 Å². The molecule has 0 N–H and O–H groups in total. The summed E-state index contributed by atoms with van der Waals surface area (Å²) in [5.74, 6) is 0. The van der Waals surface area contributed by atoms with Crippen LogP contribution < -0.4 is 10.4 Å². The fraction of sp³-hybridized carbons (Fsp3) is 0.0526. The van der Waals surface area contributed by atoms with Crippen LogP contribution in [0.2, 0.25) is 13.1 Å². The lowest BCUT2D eigenvalue weighted by Crippen LogP contribution is -2.49. The number of hydrogen-bond acceptors (Lipinski definition) is 1. The lowest BCUT2D eigenvalue weighted by atomic mass is 10.0. The van der Waals surface area contributed by atoms with Crippen molar-refractivity contribution < 1.29 is 4.42 Å². The minimum absolute atomic E-state index is 0.929. The summed E-state index contributed by atoms with van der Waals surface area (Å²) in [6, 6.07) is 46.5. The Morgan fingerprint density at radius 2 is 1.24 bits per heavy atom. The average Bonchev–Trinajstić information content (AvgIpc) is 3.63. The van der Waals surface area contributed by atoms with Gasteiger partial charge in [0.2, 0.25) is 0 Å². The van der Waals surface area contributed by atoms with Crippen LogP contribution in [0, 0.1) is 0 Å². The second kappa shape index (κ2) is 8.09. The molecule has 0 spiro atoms. The van der Waals surface area contributed by atoms with Gasteiger partial charge in [-0.15, -0.1) is 0 Å². The minimum Gasteiger partial charge on any atom is -0.456 e. The fourth-order valence-electron chi connectivity index (χ4n) is 7.29. The molecule has 41 heavy (non-hydrogen) atoms. The molecule has 0 saturated heterocycles. The van der Waals surface area contributed by atoms with Crippen molar-refractivity contribution >= 4 is 62.2 Å². The van der Waals surface area contributed by atoms with Crippen LogP contribution in [0.1, 0.15) is 0 Å². The highest BCUT2D eigenvalue weighted by molar-refractivity contribution is 7.05. The Kier molecular flexibility index (Phi) is 4.52. The van der Waals surface area contributed by atoms with Gasteiger partial charge in [0.25, 0.3) is 0 Å². The van der Waals surface area contributed by atoms with Crippen molar-refractivity contribution in [2.75, 3.05) is 0 Å². The van der Waals surface area contributed by atoms with Gasteiger partial charge in [0.1, 0.15) is 19.2 Å². The maximum absolute atomic E-state index is 6.07. The summed E-state index contributed by atoms with van der Waals surface area (Å²) >= 11 is 0. The lowest BCUT2D eigenvalue weighted by molar-refractivity contribution is 0.669. The van der Waals surface area contributed by atoms with Gasteiger partial charge in [0.05, 0.1) is 11.0 Å². The molecular formula is C38H27NOSi.